The number of rotatable bonds is 5. The highest BCUT2D eigenvalue weighted by Gasteiger charge is 2.10. The number of likely N-dealkylation sites (N-methyl/N-ethyl adjacent to an activating group) is 1. The molecular weight excluding hydrogens is 278 g/mol. The molecular formula is C14H16F2N4O. The third-order valence-corrected chi connectivity index (χ3v) is 3.11. The van der Waals surface area contributed by atoms with Gasteiger partial charge in [0.2, 0.25) is 0 Å². The van der Waals surface area contributed by atoms with Crippen LogP contribution in [0.3, 0.4) is 0 Å². The van der Waals surface area contributed by atoms with E-state index in [2.05, 4.69) is 5.10 Å². The first-order valence-electron chi connectivity index (χ1n) is 6.44. The number of halogens is 2. The van der Waals surface area contributed by atoms with Crippen LogP contribution < -0.4 is 16.2 Å². The summed E-state index contributed by atoms with van der Waals surface area (Å²) in [6.07, 6.45) is 1.49. The van der Waals surface area contributed by atoms with Crippen molar-refractivity contribution in [2.24, 2.45) is 5.73 Å². The molecule has 0 aliphatic rings. The van der Waals surface area contributed by atoms with Crippen molar-refractivity contribution in [2.45, 2.75) is 6.54 Å². The molecule has 21 heavy (non-hydrogen) atoms. The summed E-state index contributed by atoms with van der Waals surface area (Å²) in [5, 5.41) is 3.98. The maximum absolute atomic E-state index is 13.6. The van der Waals surface area contributed by atoms with Gasteiger partial charge in [0.1, 0.15) is 0 Å². The summed E-state index contributed by atoms with van der Waals surface area (Å²) >= 11 is 0. The highest BCUT2D eigenvalue weighted by molar-refractivity contribution is 5.41. The van der Waals surface area contributed by atoms with E-state index in [-0.39, 0.29) is 17.7 Å². The molecule has 7 heteroatoms. The molecule has 2 N–H and O–H groups in total. The zero-order valence-corrected chi connectivity index (χ0v) is 11.6. The van der Waals surface area contributed by atoms with Crippen molar-refractivity contribution in [1.82, 2.24) is 9.78 Å². The molecule has 0 saturated heterocycles. The second-order valence-corrected chi connectivity index (χ2v) is 4.63. The summed E-state index contributed by atoms with van der Waals surface area (Å²) in [5.41, 5.74) is 5.76. The van der Waals surface area contributed by atoms with Gasteiger partial charge in [0, 0.05) is 31.8 Å². The minimum absolute atomic E-state index is 0.0765. The van der Waals surface area contributed by atoms with Crippen LogP contribution in [0.1, 0.15) is 5.56 Å². The van der Waals surface area contributed by atoms with Gasteiger partial charge in [-0.3, -0.25) is 4.79 Å². The van der Waals surface area contributed by atoms with Crippen LogP contribution in [0.5, 0.6) is 0 Å². The van der Waals surface area contributed by atoms with E-state index in [0.717, 1.165) is 10.7 Å². The van der Waals surface area contributed by atoms with Gasteiger partial charge in [0.05, 0.1) is 18.4 Å². The van der Waals surface area contributed by atoms with E-state index in [0.29, 0.717) is 18.8 Å². The summed E-state index contributed by atoms with van der Waals surface area (Å²) < 4.78 is 27.8. The maximum Gasteiger partial charge on any atom is 0.269 e. The Hall–Kier alpha value is -2.28. The summed E-state index contributed by atoms with van der Waals surface area (Å²) in [7, 11) is 1.79. The standard InChI is InChI=1S/C14H16F2N4O/c1-19(6-5-17)11-7-13(21)20(18-8-11)9-10-3-2-4-12(15)14(10)16/h2-4,7-8H,5-6,9,17H2,1H3. The van der Waals surface area contributed by atoms with Gasteiger partial charge in [0.25, 0.3) is 5.56 Å². The van der Waals surface area contributed by atoms with Gasteiger partial charge in [-0.25, -0.2) is 13.5 Å². The molecule has 0 radical (unpaired) electrons. The van der Waals surface area contributed by atoms with E-state index in [1.54, 1.807) is 11.9 Å². The monoisotopic (exact) mass is 294 g/mol. The van der Waals surface area contributed by atoms with Crippen molar-refractivity contribution in [3.63, 3.8) is 0 Å². The van der Waals surface area contributed by atoms with E-state index in [1.165, 1.54) is 24.4 Å². The topological polar surface area (TPSA) is 64.2 Å². The fourth-order valence-electron chi connectivity index (χ4n) is 1.91. The molecule has 0 atom stereocenters. The Kier molecular flexibility index (Phi) is 4.64. The molecule has 2 aromatic rings. The Morgan fingerprint density at radius 2 is 2.14 bits per heavy atom. The average molecular weight is 294 g/mol. The molecule has 1 aromatic carbocycles. The van der Waals surface area contributed by atoms with E-state index >= 15 is 0 Å². The molecule has 0 amide bonds. The second kappa shape index (κ2) is 6.45. The van der Waals surface area contributed by atoms with Crippen LogP contribution in [0.4, 0.5) is 14.5 Å². The van der Waals surface area contributed by atoms with Crippen LogP contribution in [-0.4, -0.2) is 29.9 Å². The van der Waals surface area contributed by atoms with Crippen LogP contribution in [0, 0.1) is 11.6 Å². The third-order valence-electron chi connectivity index (χ3n) is 3.11. The van der Waals surface area contributed by atoms with E-state index in [4.69, 9.17) is 5.73 Å². The molecule has 1 heterocycles. The minimum Gasteiger partial charge on any atom is -0.372 e. The normalized spacial score (nSPS) is 10.7. The van der Waals surface area contributed by atoms with Gasteiger partial charge in [-0.15, -0.1) is 0 Å². The van der Waals surface area contributed by atoms with Crippen molar-refractivity contribution in [3.8, 4) is 0 Å². The average Bonchev–Trinajstić information content (AvgIpc) is 2.46. The quantitative estimate of drug-likeness (QED) is 0.892. The Labute approximate surface area is 120 Å². The zero-order valence-electron chi connectivity index (χ0n) is 11.6. The van der Waals surface area contributed by atoms with Crippen molar-refractivity contribution in [1.29, 1.82) is 0 Å². The Bertz CT molecular complexity index is 687. The number of hydrogen-bond donors (Lipinski definition) is 1. The SMILES string of the molecule is CN(CCN)c1cnn(Cc2cccc(F)c2F)c(=O)c1. The highest BCUT2D eigenvalue weighted by atomic mass is 19.2. The molecule has 0 unspecified atom stereocenters. The Balaban J connectivity index is 2.26. The van der Waals surface area contributed by atoms with Crippen molar-refractivity contribution in [2.75, 3.05) is 25.0 Å². The largest absolute Gasteiger partial charge is 0.372 e. The number of hydrogen-bond acceptors (Lipinski definition) is 4. The van der Waals surface area contributed by atoms with Gasteiger partial charge in [-0.05, 0) is 6.07 Å². The fourth-order valence-corrected chi connectivity index (χ4v) is 1.91. The van der Waals surface area contributed by atoms with Crippen LogP contribution in [-0.2, 0) is 6.54 Å². The molecule has 1 aromatic heterocycles. The van der Waals surface area contributed by atoms with Gasteiger partial charge >= 0.3 is 0 Å². The molecule has 0 saturated carbocycles. The summed E-state index contributed by atoms with van der Waals surface area (Å²) in [6, 6.07) is 5.23. The number of aromatic nitrogens is 2. The first kappa shape index (κ1) is 15.1. The zero-order chi connectivity index (χ0) is 15.4. The molecule has 112 valence electrons. The predicted octanol–water partition coefficient (Wildman–Crippen LogP) is 0.965. The summed E-state index contributed by atoms with van der Waals surface area (Å²) in [6.45, 7) is 0.918. The minimum atomic E-state index is -0.962. The lowest BCUT2D eigenvalue weighted by molar-refractivity contribution is 0.489. The van der Waals surface area contributed by atoms with Crippen LogP contribution in [0.25, 0.3) is 0 Å². The molecule has 0 spiro atoms. The van der Waals surface area contributed by atoms with E-state index < -0.39 is 11.6 Å². The highest BCUT2D eigenvalue weighted by Crippen LogP contribution is 2.12. The number of anilines is 1. The molecule has 0 fully saturated rings. The Morgan fingerprint density at radius 3 is 2.81 bits per heavy atom. The summed E-state index contributed by atoms with van der Waals surface area (Å²) in [4.78, 5) is 13.8. The fraction of sp³-hybridized carbons (Fsp3) is 0.286. The third kappa shape index (κ3) is 3.43. The van der Waals surface area contributed by atoms with Crippen molar-refractivity contribution >= 4 is 5.69 Å². The lowest BCUT2D eigenvalue weighted by Crippen LogP contribution is -2.29. The number of nitrogens with two attached hydrogens (primary N) is 1. The molecule has 0 aliphatic heterocycles. The first-order chi connectivity index (χ1) is 10.0. The molecule has 0 bridgehead atoms. The van der Waals surface area contributed by atoms with E-state index in [9.17, 15) is 13.6 Å². The smallest absolute Gasteiger partial charge is 0.269 e. The Morgan fingerprint density at radius 1 is 1.38 bits per heavy atom. The van der Waals surface area contributed by atoms with Crippen molar-refractivity contribution < 1.29 is 8.78 Å². The lowest BCUT2D eigenvalue weighted by Gasteiger charge is -2.17. The van der Waals surface area contributed by atoms with Gasteiger partial charge in [-0.2, -0.15) is 5.10 Å². The number of benzene rings is 1. The van der Waals surface area contributed by atoms with Gasteiger partial charge in [0.15, 0.2) is 11.6 Å². The van der Waals surface area contributed by atoms with Crippen LogP contribution >= 0.6 is 0 Å². The van der Waals surface area contributed by atoms with Gasteiger partial charge in [-0.1, -0.05) is 12.1 Å². The molecule has 0 aliphatic carbocycles. The molecule has 5 nitrogen and oxygen atoms in total. The predicted molar refractivity (Wildman–Crippen MR) is 76.3 cm³/mol. The second-order valence-electron chi connectivity index (χ2n) is 4.63. The van der Waals surface area contributed by atoms with Crippen molar-refractivity contribution in [3.05, 3.63) is 58.0 Å². The number of nitrogens with zero attached hydrogens (tertiary/aromatic N) is 3. The molecule has 2 rings (SSSR count). The van der Waals surface area contributed by atoms with Crippen LogP contribution in [0.15, 0.2) is 35.3 Å². The summed E-state index contributed by atoms with van der Waals surface area (Å²) in [5.74, 6) is -1.91. The lowest BCUT2D eigenvalue weighted by atomic mass is 10.2. The maximum atomic E-state index is 13.6. The van der Waals surface area contributed by atoms with Gasteiger partial charge < -0.3 is 10.6 Å². The first-order valence-corrected chi connectivity index (χ1v) is 6.44. The van der Waals surface area contributed by atoms with Crippen LogP contribution in [0.2, 0.25) is 0 Å². The van der Waals surface area contributed by atoms with E-state index in [1.807, 2.05) is 0 Å².